The van der Waals surface area contributed by atoms with Gasteiger partial charge in [-0.05, 0) is 24.3 Å². The highest BCUT2D eigenvalue weighted by Gasteiger charge is 2.31. The van der Waals surface area contributed by atoms with Crippen LogP contribution < -0.4 is 19.3 Å². The van der Waals surface area contributed by atoms with Crippen LogP contribution in [0.1, 0.15) is 0 Å². The van der Waals surface area contributed by atoms with Crippen LogP contribution in [-0.2, 0) is 14.8 Å². The highest BCUT2D eigenvalue weighted by Crippen LogP contribution is 2.28. The Labute approximate surface area is 171 Å². The fraction of sp³-hybridized carbons (Fsp3) is 0.412. The zero-order chi connectivity index (χ0) is 21.9. The first-order chi connectivity index (χ1) is 14.0. The summed E-state index contributed by atoms with van der Waals surface area (Å²) in [4.78, 5) is 12.0. The second-order valence-electron chi connectivity index (χ2n) is 6.53. The summed E-state index contributed by atoms with van der Waals surface area (Å²) in [6.45, 7) is 2.32. The van der Waals surface area contributed by atoms with Crippen LogP contribution in [0.3, 0.4) is 0 Å². The summed E-state index contributed by atoms with van der Waals surface area (Å²) < 4.78 is 73.6. The predicted octanol–water partition coefficient (Wildman–Crippen LogP) is 2.08. The maximum absolute atomic E-state index is 12.7. The number of nitrogens with one attached hydrogen (secondary N) is 1. The summed E-state index contributed by atoms with van der Waals surface area (Å²) in [7, 11) is -0.693. The van der Waals surface area contributed by atoms with E-state index in [1.807, 2.05) is 4.90 Å². The standard InChI is InChI=1S/C17H20F3N5O4S/c1-24(2)15-14(11-21-16(22-15)25-7-9-28-10-8-25)23-30(26,27)13-5-3-12(4-6-13)29-17(18,19)20/h3-6,11,23H,7-10H2,1-2H3. The van der Waals surface area contributed by atoms with Crippen LogP contribution in [0.15, 0.2) is 35.4 Å². The Morgan fingerprint density at radius 1 is 1.17 bits per heavy atom. The number of nitrogens with zero attached hydrogens (tertiary/aromatic N) is 4. The van der Waals surface area contributed by atoms with E-state index in [4.69, 9.17) is 4.74 Å². The molecule has 9 nitrogen and oxygen atoms in total. The van der Waals surface area contributed by atoms with Crippen molar-refractivity contribution in [3.05, 3.63) is 30.5 Å². The highest BCUT2D eigenvalue weighted by atomic mass is 32.2. The molecule has 1 N–H and O–H groups in total. The topological polar surface area (TPSA) is 96.9 Å². The number of hydrogen-bond donors (Lipinski definition) is 1. The number of ether oxygens (including phenoxy) is 2. The second kappa shape index (κ2) is 8.52. The SMILES string of the molecule is CN(C)c1nc(N2CCOCC2)ncc1NS(=O)(=O)c1ccc(OC(F)(F)F)cc1. The van der Waals surface area contributed by atoms with Crippen molar-refractivity contribution in [2.45, 2.75) is 11.3 Å². The number of hydrogen-bond acceptors (Lipinski definition) is 8. The van der Waals surface area contributed by atoms with E-state index in [9.17, 15) is 21.6 Å². The monoisotopic (exact) mass is 447 g/mol. The van der Waals surface area contributed by atoms with Crippen LogP contribution in [0.2, 0.25) is 0 Å². The predicted molar refractivity (Wildman–Crippen MR) is 103 cm³/mol. The summed E-state index contributed by atoms with van der Waals surface area (Å²) in [6, 6.07) is 3.88. The normalized spacial score (nSPS) is 15.0. The van der Waals surface area contributed by atoms with Gasteiger partial charge in [0.25, 0.3) is 10.0 Å². The van der Waals surface area contributed by atoms with Crippen LogP contribution in [0.25, 0.3) is 0 Å². The van der Waals surface area contributed by atoms with Gasteiger partial charge in [0, 0.05) is 27.2 Å². The molecule has 0 aliphatic carbocycles. The summed E-state index contributed by atoms with van der Waals surface area (Å²) >= 11 is 0. The number of anilines is 3. The van der Waals surface area contributed by atoms with Gasteiger partial charge in [-0.2, -0.15) is 4.98 Å². The van der Waals surface area contributed by atoms with Crippen LogP contribution in [-0.4, -0.2) is 65.1 Å². The summed E-state index contributed by atoms with van der Waals surface area (Å²) in [5.74, 6) is 0.263. The maximum Gasteiger partial charge on any atom is 0.573 e. The molecule has 0 unspecified atom stereocenters. The minimum absolute atomic E-state index is 0.132. The fourth-order valence-corrected chi connectivity index (χ4v) is 3.76. The molecule has 1 aliphatic rings. The molecule has 0 spiro atoms. The van der Waals surface area contributed by atoms with Crippen LogP contribution in [0.5, 0.6) is 5.75 Å². The van der Waals surface area contributed by atoms with Crippen LogP contribution >= 0.6 is 0 Å². The first kappa shape index (κ1) is 21.9. The molecule has 0 radical (unpaired) electrons. The summed E-state index contributed by atoms with van der Waals surface area (Å²) in [6.07, 6.45) is -3.51. The van der Waals surface area contributed by atoms with Gasteiger partial charge in [0.1, 0.15) is 11.4 Å². The summed E-state index contributed by atoms with van der Waals surface area (Å²) in [5, 5.41) is 0. The Bertz CT molecular complexity index is 978. The first-order valence-corrected chi connectivity index (χ1v) is 10.3. The van der Waals surface area contributed by atoms with Crippen molar-refractivity contribution in [3.8, 4) is 5.75 Å². The number of alkyl halides is 3. The Balaban J connectivity index is 1.83. The van der Waals surface area contributed by atoms with Crippen molar-refractivity contribution in [2.75, 3.05) is 54.9 Å². The zero-order valence-electron chi connectivity index (χ0n) is 16.2. The molecule has 0 bridgehead atoms. The molecule has 164 valence electrons. The number of benzene rings is 1. The molecule has 13 heteroatoms. The maximum atomic E-state index is 12.7. The minimum atomic E-state index is -4.86. The third-order valence-electron chi connectivity index (χ3n) is 4.09. The molecule has 0 saturated carbocycles. The number of sulfonamides is 1. The lowest BCUT2D eigenvalue weighted by atomic mass is 10.3. The van der Waals surface area contributed by atoms with Gasteiger partial charge < -0.3 is 19.3 Å². The van der Waals surface area contributed by atoms with Crippen molar-refractivity contribution in [1.29, 1.82) is 0 Å². The fourth-order valence-electron chi connectivity index (χ4n) is 2.72. The van der Waals surface area contributed by atoms with Crippen molar-refractivity contribution < 1.29 is 31.1 Å². The number of aromatic nitrogens is 2. The molecular formula is C17H20F3N5O4S. The highest BCUT2D eigenvalue weighted by molar-refractivity contribution is 7.92. The molecule has 1 aliphatic heterocycles. The Morgan fingerprint density at radius 2 is 1.80 bits per heavy atom. The van der Waals surface area contributed by atoms with E-state index in [0.29, 0.717) is 38.1 Å². The lowest BCUT2D eigenvalue weighted by Gasteiger charge is -2.28. The molecule has 0 atom stereocenters. The lowest BCUT2D eigenvalue weighted by molar-refractivity contribution is -0.274. The molecular weight excluding hydrogens is 427 g/mol. The van der Waals surface area contributed by atoms with E-state index >= 15 is 0 Å². The van der Waals surface area contributed by atoms with Crippen molar-refractivity contribution in [3.63, 3.8) is 0 Å². The molecule has 2 aromatic rings. The van der Waals surface area contributed by atoms with Gasteiger partial charge in [0.05, 0.1) is 24.3 Å². The van der Waals surface area contributed by atoms with Gasteiger partial charge >= 0.3 is 6.36 Å². The molecule has 1 fully saturated rings. The third-order valence-corrected chi connectivity index (χ3v) is 5.47. The van der Waals surface area contributed by atoms with Gasteiger partial charge in [-0.3, -0.25) is 4.72 Å². The largest absolute Gasteiger partial charge is 0.573 e. The van der Waals surface area contributed by atoms with E-state index in [1.165, 1.54) is 6.20 Å². The van der Waals surface area contributed by atoms with Crippen molar-refractivity contribution >= 4 is 27.5 Å². The van der Waals surface area contributed by atoms with Crippen LogP contribution in [0.4, 0.5) is 30.6 Å². The average Bonchev–Trinajstić information content (AvgIpc) is 2.67. The van der Waals surface area contributed by atoms with E-state index in [-0.39, 0.29) is 10.6 Å². The zero-order valence-corrected chi connectivity index (χ0v) is 17.0. The van der Waals surface area contributed by atoms with Crippen molar-refractivity contribution in [1.82, 2.24) is 9.97 Å². The van der Waals surface area contributed by atoms with E-state index in [2.05, 4.69) is 19.4 Å². The summed E-state index contributed by atoms with van der Waals surface area (Å²) in [5.41, 5.74) is 0.132. The first-order valence-electron chi connectivity index (χ1n) is 8.81. The molecule has 3 rings (SSSR count). The van der Waals surface area contributed by atoms with Gasteiger partial charge in [0.15, 0.2) is 5.82 Å². The lowest BCUT2D eigenvalue weighted by Crippen LogP contribution is -2.37. The van der Waals surface area contributed by atoms with Gasteiger partial charge in [-0.15, -0.1) is 13.2 Å². The molecule has 1 aromatic carbocycles. The second-order valence-corrected chi connectivity index (χ2v) is 8.21. The van der Waals surface area contributed by atoms with Gasteiger partial charge in [-0.1, -0.05) is 0 Å². The minimum Gasteiger partial charge on any atom is -0.406 e. The third kappa shape index (κ3) is 5.42. The molecule has 30 heavy (non-hydrogen) atoms. The van der Waals surface area contributed by atoms with Crippen molar-refractivity contribution in [2.24, 2.45) is 0 Å². The van der Waals surface area contributed by atoms with Gasteiger partial charge in [0.2, 0.25) is 5.95 Å². The number of morpholine rings is 1. The van der Waals surface area contributed by atoms with E-state index in [0.717, 1.165) is 24.3 Å². The molecule has 2 heterocycles. The quantitative estimate of drug-likeness (QED) is 0.719. The Kier molecular flexibility index (Phi) is 6.22. The number of halogens is 3. The Hall–Kier alpha value is -2.80. The van der Waals surface area contributed by atoms with Crippen LogP contribution in [0, 0.1) is 0 Å². The average molecular weight is 447 g/mol. The number of rotatable bonds is 6. The Morgan fingerprint density at radius 3 is 2.37 bits per heavy atom. The smallest absolute Gasteiger partial charge is 0.406 e. The molecule has 0 amide bonds. The molecule has 1 saturated heterocycles. The van der Waals surface area contributed by atoms with Gasteiger partial charge in [-0.25, -0.2) is 13.4 Å². The molecule has 1 aromatic heterocycles. The van der Waals surface area contributed by atoms with E-state index < -0.39 is 22.1 Å². The van der Waals surface area contributed by atoms with E-state index in [1.54, 1.807) is 19.0 Å².